The van der Waals surface area contributed by atoms with Crippen molar-refractivity contribution in [3.05, 3.63) is 49.0 Å². The van der Waals surface area contributed by atoms with Gasteiger partial charge in [0.1, 0.15) is 10.7 Å². The van der Waals surface area contributed by atoms with Crippen LogP contribution in [0.3, 0.4) is 0 Å². The van der Waals surface area contributed by atoms with E-state index in [9.17, 15) is 9.59 Å². The number of amides is 1. The number of likely N-dealkylation sites (tertiary alicyclic amines) is 1. The summed E-state index contributed by atoms with van der Waals surface area (Å²) < 4.78 is 1.84. The van der Waals surface area contributed by atoms with Crippen molar-refractivity contribution in [2.75, 3.05) is 6.54 Å². The third-order valence-electron chi connectivity index (χ3n) is 5.99. The van der Waals surface area contributed by atoms with Crippen LogP contribution in [0.4, 0.5) is 0 Å². The lowest BCUT2D eigenvalue weighted by Crippen LogP contribution is -2.30. The molecule has 5 nitrogen and oxygen atoms in total. The van der Waals surface area contributed by atoms with Gasteiger partial charge < -0.3 is 4.90 Å². The number of carbonyl (C=O) groups excluding carboxylic acids is 1. The zero-order chi connectivity index (χ0) is 19.3. The fourth-order valence-electron chi connectivity index (χ4n) is 4.53. The van der Waals surface area contributed by atoms with Crippen LogP contribution in [0.15, 0.2) is 22.3 Å². The molecule has 0 aromatic carbocycles. The molecule has 28 heavy (non-hydrogen) atoms. The molecule has 1 atom stereocenters. The van der Waals surface area contributed by atoms with Gasteiger partial charge in [-0.15, -0.1) is 22.7 Å². The maximum atomic E-state index is 13.4. The lowest BCUT2D eigenvalue weighted by molar-refractivity contribution is 0.0742. The summed E-state index contributed by atoms with van der Waals surface area (Å²) in [6.07, 6.45) is 6.10. The first-order chi connectivity index (χ1) is 13.6. The smallest absolute Gasteiger partial charge is 0.264 e. The van der Waals surface area contributed by atoms with Crippen molar-refractivity contribution in [1.82, 2.24) is 14.5 Å². The van der Waals surface area contributed by atoms with E-state index in [1.54, 1.807) is 11.3 Å². The molecule has 0 N–H and O–H groups in total. The number of hydrogen-bond donors (Lipinski definition) is 0. The summed E-state index contributed by atoms with van der Waals surface area (Å²) in [5.41, 5.74) is 0.838. The molecule has 1 fully saturated rings. The Kier molecular flexibility index (Phi) is 4.59. The van der Waals surface area contributed by atoms with E-state index in [2.05, 4.69) is 11.4 Å². The number of rotatable bonds is 2. The Morgan fingerprint density at radius 1 is 1.21 bits per heavy atom. The quantitative estimate of drug-likeness (QED) is 0.620. The number of carbonyl (C=O) groups is 1. The maximum absolute atomic E-state index is 13.4. The van der Waals surface area contributed by atoms with Gasteiger partial charge in [-0.25, -0.2) is 4.98 Å². The third-order valence-corrected chi connectivity index (χ3v) is 8.14. The van der Waals surface area contributed by atoms with Gasteiger partial charge in [-0.2, -0.15) is 0 Å². The lowest BCUT2D eigenvalue weighted by Gasteiger charge is -2.23. The van der Waals surface area contributed by atoms with Crippen molar-refractivity contribution in [2.45, 2.75) is 58.0 Å². The summed E-state index contributed by atoms with van der Waals surface area (Å²) >= 11 is 3.11. The number of thiophene rings is 2. The SMILES string of the molecule is Cc1c(C(=O)N2CCCC2c2cccs2)sc2nc3n(c(=O)c12)CCCCC3. The van der Waals surface area contributed by atoms with Gasteiger partial charge >= 0.3 is 0 Å². The summed E-state index contributed by atoms with van der Waals surface area (Å²) in [7, 11) is 0. The van der Waals surface area contributed by atoms with Crippen LogP contribution >= 0.6 is 22.7 Å². The minimum absolute atomic E-state index is 0.0333. The van der Waals surface area contributed by atoms with Crippen LogP contribution in [0.25, 0.3) is 10.2 Å². The van der Waals surface area contributed by atoms with Gasteiger partial charge in [0.2, 0.25) is 0 Å². The summed E-state index contributed by atoms with van der Waals surface area (Å²) in [6.45, 7) is 3.43. The molecule has 1 saturated heterocycles. The molecule has 5 rings (SSSR count). The highest BCUT2D eigenvalue weighted by atomic mass is 32.1. The van der Waals surface area contributed by atoms with Gasteiger partial charge in [0.05, 0.1) is 16.3 Å². The van der Waals surface area contributed by atoms with Crippen molar-refractivity contribution >= 4 is 38.8 Å². The lowest BCUT2D eigenvalue weighted by atomic mass is 10.1. The van der Waals surface area contributed by atoms with E-state index in [0.717, 1.165) is 67.8 Å². The molecule has 2 aliphatic rings. The summed E-state index contributed by atoms with van der Waals surface area (Å²) in [6, 6.07) is 4.32. The van der Waals surface area contributed by atoms with Gasteiger partial charge in [-0.05, 0) is 49.6 Å². The van der Waals surface area contributed by atoms with Crippen LogP contribution < -0.4 is 5.56 Å². The predicted molar refractivity (Wildman–Crippen MR) is 114 cm³/mol. The predicted octanol–water partition coefficient (Wildman–Crippen LogP) is 4.53. The molecule has 1 amide bonds. The van der Waals surface area contributed by atoms with Crippen LogP contribution in [-0.2, 0) is 13.0 Å². The Hall–Kier alpha value is -1.99. The van der Waals surface area contributed by atoms with Gasteiger partial charge in [0.25, 0.3) is 11.5 Å². The number of aromatic nitrogens is 2. The topological polar surface area (TPSA) is 55.2 Å². The highest BCUT2D eigenvalue weighted by Gasteiger charge is 2.33. The van der Waals surface area contributed by atoms with Gasteiger partial charge in [0.15, 0.2) is 0 Å². The van der Waals surface area contributed by atoms with Crippen LogP contribution in [0.1, 0.15) is 64.1 Å². The van der Waals surface area contributed by atoms with Crippen molar-refractivity contribution in [3.63, 3.8) is 0 Å². The normalized spacial score (nSPS) is 19.8. The second kappa shape index (κ2) is 7.12. The molecule has 0 aliphatic carbocycles. The van der Waals surface area contributed by atoms with E-state index in [1.807, 2.05) is 22.5 Å². The van der Waals surface area contributed by atoms with Gasteiger partial charge in [-0.1, -0.05) is 12.5 Å². The number of fused-ring (bicyclic) bond motifs is 2. The standard InChI is InChI=1S/C21H23N3O2S2/c1-13-17-19(22-16-9-3-2-4-10-24(16)20(17)25)28-18(13)21(26)23-11-5-7-14(23)15-8-6-12-27-15/h6,8,12,14H,2-5,7,9-11H2,1H3. The number of aryl methyl sites for hydroxylation is 2. The van der Waals surface area contributed by atoms with Crippen LogP contribution in [0, 0.1) is 6.92 Å². The Bertz CT molecular complexity index is 1100. The summed E-state index contributed by atoms with van der Waals surface area (Å²) in [4.78, 5) is 36.1. The average molecular weight is 414 g/mol. The first kappa shape index (κ1) is 18.1. The second-order valence-corrected chi connectivity index (χ2v) is 9.68. The Morgan fingerprint density at radius 3 is 2.93 bits per heavy atom. The minimum atomic E-state index is 0.0333. The maximum Gasteiger partial charge on any atom is 0.264 e. The van der Waals surface area contributed by atoms with E-state index in [1.165, 1.54) is 16.2 Å². The molecule has 0 saturated carbocycles. The van der Waals surface area contributed by atoms with Gasteiger partial charge in [0, 0.05) is 24.4 Å². The Labute approximate surface area is 171 Å². The Balaban J connectivity index is 1.58. The first-order valence-corrected chi connectivity index (χ1v) is 11.7. The minimum Gasteiger partial charge on any atom is -0.330 e. The van der Waals surface area contributed by atoms with E-state index in [0.29, 0.717) is 10.3 Å². The fraction of sp³-hybridized carbons (Fsp3) is 0.476. The monoisotopic (exact) mass is 413 g/mol. The van der Waals surface area contributed by atoms with Crippen LogP contribution in [-0.4, -0.2) is 26.9 Å². The molecule has 0 radical (unpaired) electrons. The molecule has 7 heteroatoms. The third kappa shape index (κ3) is 2.83. The zero-order valence-corrected chi connectivity index (χ0v) is 17.6. The second-order valence-electron chi connectivity index (χ2n) is 7.70. The summed E-state index contributed by atoms with van der Waals surface area (Å²) in [5, 5.41) is 2.71. The van der Waals surface area contributed by atoms with Gasteiger partial charge in [-0.3, -0.25) is 14.2 Å². The largest absolute Gasteiger partial charge is 0.330 e. The number of nitrogens with zero attached hydrogens (tertiary/aromatic N) is 3. The molecule has 0 bridgehead atoms. The van der Waals surface area contributed by atoms with E-state index in [4.69, 9.17) is 4.98 Å². The van der Waals surface area contributed by atoms with E-state index >= 15 is 0 Å². The fourth-order valence-corrected chi connectivity index (χ4v) is 6.55. The van der Waals surface area contributed by atoms with Crippen molar-refractivity contribution in [1.29, 1.82) is 0 Å². The molecule has 3 aromatic rings. The van der Waals surface area contributed by atoms with E-state index in [-0.39, 0.29) is 17.5 Å². The molecule has 5 heterocycles. The summed E-state index contributed by atoms with van der Waals surface area (Å²) in [5.74, 6) is 0.934. The van der Waals surface area contributed by atoms with Crippen LogP contribution in [0.2, 0.25) is 0 Å². The van der Waals surface area contributed by atoms with Crippen LogP contribution in [0.5, 0.6) is 0 Å². The first-order valence-electron chi connectivity index (χ1n) is 10.0. The molecular weight excluding hydrogens is 390 g/mol. The average Bonchev–Trinajstić information content (AvgIpc) is 3.39. The van der Waals surface area contributed by atoms with E-state index < -0.39 is 0 Å². The molecule has 3 aromatic heterocycles. The van der Waals surface area contributed by atoms with Crippen molar-refractivity contribution < 1.29 is 4.79 Å². The highest BCUT2D eigenvalue weighted by molar-refractivity contribution is 7.20. The molecule has 0 spiro atoms. The zero-order valence-electron chi connectivity index (χ0n) is 15.9. The Morgan fingerprint density at radius 2 is 2.11 bits per heavy atom. The molecular formula is C21H23N3O2S2. The molecule has 146 valence electrons. The van der Waals surface area contributed by atoms with Crippen molar-refractivity contribution in [2.24, 2.45) is 0 Å². The molecule has 2 aliphatic heterocycles. The number of hydrogen-bond acceptors (Lipinski definition) is 5. The van der Waals surface area contributed by atoms with Crippen molar-refractivity contribution in [3.8, 4) is 0 Å². The molecule has 1 unspecified atom stereocenters. The highest BCUT2D eigenvalue weighted by Crippen LogP contribution is 2.38.